The molecule has 5 heteroatoms. The highest BCUT2D eigenvalue weighted by Crippen LogP contribution is 2.27. The van der Waals surface area contributed by atoms with E-state index < -0.39 is 0 Å². The van der Waals surface area contributed by atoms with Crippen molar-refractivity contribution in [1.29, 1.82) is 0 Å². The molecule has 1 aromatic heterocycles. The number of benzene rings is 1. The first-order chi connectivity index (χ1) is 10.5. The molecule has 4 nitrogen and oxygen atoms in total. The van der Waals surface area contributed by atoms with E-state index in [4.69, 9.17) is 11.6 Å². The van der Waals surface area contributed by atoms with Crippen molar-refractivity contribution in [3.63, 3.8) is 0 Å². The average Bonchev–Trinajstić information content (AvgIpc) is 2.51. The third-order valence-electron chi connectivity index (χ3n) is 2.67. The fourth-order valence-electron chi connectivity index (χ4n) is 1.66. The summed E-state index contributed by atoms with van der Waals surface area (Å²) in [5.74, 6) is 1.25. The Kier molecular flexibility index (Phi) is 7.40. The molecular weight excluding hydrogens is 296 g/mol. The van der Waals surface area contributed by atoms with Gasteiger partial charge >= 0.3 is 0 Å². The lowest BCUT2D eigenvalue weighted by Gasteiger charge is -2.14. The first kappa shape index (κ1) is 18.0. The molecular formula is C17H23ClN4. The SMILES string of the molecule is C=C(NC)c1ccccc1Nc1nc(C)ncc1Cl.CCC. The van der Waals surface area contributed by atoms with Crippen LogP contribution in [0.15, 0.2) is 37.0 Å². The first-order valence-electron chi connectivity index (χ1n) is 7.25. The maximum atomic E-state index is 6.09. The number of para-hydroxylation sites is 1. The number of anilines is 2. The molecule has 2 rings (SSSR count). The molecule has 0 bridgehead atoms. The Hall–Kier alpha value is -2.07. The number of halogens is 1. The molecule has 1 aromatic carbocycles. The fourth-order valence-corrected chi connectivity index (χ4v) is 1.80. The molecule has 1 heterocycles. The van der Waals surface area contributed by atoms with Gasteiger partial charge in [0.05, 0.1) is 6.20 Å². The lowest BCUT2D eigenvalue weighted by Crippen LogP contribution is -2.06. The summed E-state index contributed by atoms with van der Waals surface area (Å²) < 4.78 is 0. The Morgan fingerprint density at radius 2 is 1.91 bits per heavy atom. The molecule has 0 unspecified atom stereocenters. The highest BCUT2D eigenvalue weighted by molar-refractivity contribution is 6.32. The van der Waals surface area contributed by atoms with Gasteiger partial charge in [-0.3, -0.25) is 0 Å². The molecule has 0 aliphatic rings. The molecule has 0 fully saturated rings. The maximum Gasteiger partial charge on any atom is 0.152 e. The molecule has 0 aliphatic heterocycles. The highest BCUT2D eigenvalue weighted by atomic mass is 35.5. The molecule has 0 atom stereocenters. The molecule has 0 radical (unpaired) electrons. The third-order valence-corrected chi connectivity index (χ3v) is 2.95. The summed E-state index contributed by atoms with van der Waals surface area (Å²) in [6, 6.07) is 7.82. The molecule has 2 aromatic rings. The van der Waals surface area contributed by atoms with Crippen LogP contribution in [-0.4, -0.2) is 17.0 Å². The lowest BCUT2D eigenvalue weighted by molar-refractivity contribution is 1.06. The number of nitrogens with zero attached hydrogens (tertiary/aromatic N) is 2. The summed E-state index contributed by atoms with van der Waals surface area (Å²) >= 11 is 6.09. The van der Waals surface area contributed by atoms with Gasteiger partial charge in [-0.25, -0.2) is 9.97 Å². The average molecular weight is 319 g/mol. The van der Waals surface area contributed by atoms with Crippen molar-refractivity contribution < 1.29 is 0 Å². The van der Waals surface area contributed by atoms with Crippen molar-refractivity contribution in [1.82, 2.24) is 15.3 Å². The van der Waals surface area contributed by atoms with Crippen molar-refractivity contribution in [3.8, 4) is 0 Å². The molecule has 0 amide bonds. The van der Waals surface area contributed by atoms with E-state index in [1.807, 2.05) is 38.2 Å². The van der Waals surface area contributed by atoms with Gasteiger partial charge in [0.25, 0.3) is 0 Å². The van der Waals surface area contributed by atoms with Crippen LogP contribution in [0.1, 0.15) is 31.7 Å². The zero-order valence-corrected chi connectivity index (χ0v) is 14.3. The quantitative estimate of drug-likeness (QED) is 0.851. The Bertz CT molecular complexity index is 626. The topological polar surface area (TPSA) is 49.8 Å². The van der Waals surface area contributed by atoms with Crippen LogP contribution in [0.25, 0.3) is 5.70 Å². The van der Waals surface area contributed by atoms with Crippen LogP contribution >= 0.6 is 11.6 Å². The second-order valence-electron chi connectivity index (χ2n) is 4.72. The smallest absolute Gasteiger partial charge is 0.152 e. The van der Waals surface area contributed by atoms with Gasteiger partial charge in [-0.2, -0.15) is 0 Å². The number of aryl methyl sites for hydroxylation is 1. The van der Waals surface area contributed by atoms with Crippen molar-refractivity contribution >= 4 is 28.8 Å². The van der Waals surface area contributed by atoms with Gasteiger partial charge in [0.2, 0.25) is 0 Å². The third kappa shape index (κ3) is 5.04. The lowest BCUT2D eigenvalue weighted by atomic mass is 10.1. The number of nitrogens with one attached hydrogen (secondary N) is 2. The van der Waals surface area contributed by atoms with Gasteiger partial charge in [-0.05, 0) is 13.0 Å². The first-order valence-corrected chi connectivity index (χ1v) is 7.63. The molecule has 22 heavy (non-hydrogen) atoms. The van der Waals surface area contributed by atoms with Gasteiger partial charge in [0.1, 0.15) is 10.8 Å². The van der Waals surface area contributed by atoms with E-state index in [1.165, 1.54) is 6.42 Å². The molecule has 0 aliphatic carbocycles. The van der Waals surface area contributed by atoms with E-state index in [-0.39, 0.29) is 0 Å². The number of hydrogen-bond donors (Lipinski definition) is 2. The highest BCUT2D eigenvalue weighted by Gasteiger charge is 2.08. The minimum atomic E-state index is 0.482. The van der Waals surface area contributed by atoms with Crippen LogP contribution in [0.5, 0.6) is 0 Å². The van der Waals surface area contributed by atoms with Crippen LogP contribution < -0.4 is 10.6 Å². The Balaban J connectivity index is 0.000000745. The molecule has 0 saturated heterocycles. The van der Waals surface area contributed by atoms with E-state index in [1.54, 1.807) is 6.20 Å². The van der Waals surface area contributed by atoms with Gasteiger partial charge in [-0.1, -0.05) is 56.6 Å². The van der Waals surface area contributed by atoms with E-state index in [0.29, 0.717) is 16.7 Å². The largest absolute Gasteiger partial charge is 0.388 e. The summed E-state index contributed by atoms with van der Waals surface area (Å²) in [7, 11) is 1.83. The van der Waals surface area contributed by atoms with Crippen molar-refractivity contribution in [2.75, 3.05) is 12.4 Å². The summed E-state index contributed by atoms with van der Waals surface area (Å²) in [4.78, 5) is 8.33. The minimum Gasteiger partial charge on any atom is -0.388 e. The Labute approximate surface area is 137 Å². The van der Waals surface area contributed by atoms with Gasteiger partial charge in [-0.15, -0.1) is 0 Å². The van der Waals surface area contributed by atoms with Crippen LogP contribution in [0.2, 0.25) is 5.02 Å². The van der Waals surface area contributed by atoms with Gasteiger partial charge in [0, 0.05) is 24.0 Å². The zero-order valence-electron chi connectivity index (χ0n) is 13.6. The summed E-state index contributed by atoms with van der Waals surface area (Å²) in [5, 5.41) is 6.73. The second kappa shape index (κ2) is 9.05. The van der Waals surface area contributed by atoms with E-state index in [0.717, 1.165) is 16.9 Å². The molecule has 2 N–H and O–H groups in total. The van der Waals surface area contributed by atoms with Crippen molar-refractivity contribution in [2.24, 2.45) is 0 Å². The van der Waals surface area contributed by atoms with Crippen molar-refractivity contribution in [2.45, 2.75) is 27.2 Å². The van der Waals surface area contributed by atoms with Crippen LogP contribution in [0, 0.1) is 6.92 Å². The van der Waals surface area contributed by atoms with Crippen LogP contribution in [0.3, 0.4) is 0 Å². The minimum absolute atomic E-state index is 0.482. The van der Waals surface area contributed by atoms with Crippen LogP contribution in [0.4, 0.5) is 11.5 Å². The predicted octanol–water partition coefficient (Wildman–Crippen LogP) is 4.79. The fraction of sp³-hybridized carbons (Fsp3) is 0.294. The molecule has 118 valence electrons. The number of aromatic nitrogens is 2. The van der Waals surface area contributed by atoms with E-state index in [9.17, 15) is 0 Å². The maximum absolute atomic E-state index is 6.09. The van der Waals surface area contributed by atoms with E-state index in [2.05, 4.69) is 41.0 Å². The summed E-state index contributed by atoms with van der Waals surface area (Å²) in [5.41, 5.74) is 2.68. The Morgan fingerprint density at radius 3 is 2.55 bits per heavy atom. The summed E-state index contributed by atoms with van der Waals surface area (Å²) in [6.07, 6.45) is 2.84. The molecule has 0 spiro atoms. The second-order valence-corrected chi connectivity index (χ2v) is 5.13. The Morgan fingerprint density at radius 1 is 1.27 bits per heavy atom. The van der Waals surface area contributed by atoms with Crippen LogP contribution in [-0.2, 0) is 0 Å². The normalized spacial score (nSPS) is 9.50. The summed E-state index contributed by atoms with van der Waals surface area (Å²) in [6.45, 7) is 10.0. The predicted molar refractivity (Wildman–Crippen MR) is 95.6 cm³/mol. The monoisotopic (exact) mass is 318 g/mol. The standard InChI is InChI=1S/C14H15ClN4.C3H8/c1-9(16-3)11-6-4-5-7-13(11)19-14-12(15)8-17-10(2)18-14;1-3-2/h4-8,16H,1H2,2-3H3,(H,17,18,19);3H2,1-2H3. The van der Waals surface area contributed by atoms with Gasteiger partial charge in [0.15, 0.2) is 5.82 Å². The van der Waals surface area contributed by atoms with Crippen molar-refractivity contribution in [3.05, 3.63) is 53.5 Å². The zero-order chi connectivity index (χ0) is 16.5. The number of rotatable bonds is 4. The van der Waals surface area contributed by atoms with E-state index >= 15 is 0 Å². The molecule has 0 saturated carbocycles. The van der Waals surface area contributed by atoms with Gasteiger partial charge < -0.3 is 10.6 Å². The number of hydrogen-bond acceptors (Lipinski definition) is 4.